The van der Waals surface area contributed by atoms with Crippen LogP contribution in [0.3, 0.4) is 0 Å². The first-order valence-corrected chi connectivity index (χ1v) is 7.73. The fourth-order valence-electron chi connectivity index (χ4n) is 3.18. The first-order chi connectivity index (χ1) is 11.3. The van der Waals surface area contributed by atoms with Crippen molar-refractivity contribution in [3.8, 4) is 0 Å². The van der Waals surface area contributed by atoms with Crippen molar-refractivity contribution in [2.45, 2.75) is 43.9 Å². The number of hydrazone groups is 1. The molecule has 1 heterocycles. The van der Waals surface area contributed by atoms with Crippen LogP contribution in [0.15, 0.2) is 23.3 Å². The summed E-state index contributed by atoms with van der Waals surface area (Å²) in [6.45, 7) is -0.169. The summed E-state index contributed by atoms with van der Waals surface area (Å²) in [5.41, 5.74) is 2.15. The van der Waals surface area contributed by atoms with Crippen LogP contribution in [-0.2, 0) is 10.9 Å². The number of halogens is 3. The highest BCUT2D eigenvalue weighted by Gasteiger charge is 2.36. The third-order valence-corrected chi connectivity index (χ3v) is 4.45. The van der Waals surface area contributed by atoms with Gasteiger partial charge in [-0.15, -0.1) is 0 Å². The van der Waals surface area contributed by atoms with Gasteiger partial charge in [-0.1, -0.05) is 12.1 Å². The zero-order valence-electron chi connectivity index (χ0n) is 12.8. The first kappa shape index (κ1) is 16.8. The van der Waals surface area contributed by atoms with E-state index in [1.54, 1.807) is 6.07 Å². The Kier molecular flexibility index (Phi) is 4.49. The number of ether oxygens (including phenoxy) is 1. The molecule has 130 valence electrons. The summed E-state index contributed by atoms with van der Waals surface area (Å²) in [4.78, 5) is 10.9. The first-order valence-electron chi connectivity index (χ1n) is 7.73. The van der Waals surface area contributed by atoms with Crippen LogP contribution in [0.5, 0.6) is 0 Å². The molecule has 0 atom stereocenters. The van der Waals surface area contributed by atoms with Crippen LogP contribution >= 0.6 is 0 Å². The van der Waals surface area contributed by atoms with Gasteiger partial charge in [0.25, 0.3) is 0 Å². The molecule has 1 aromatic rings. The van der Waals surface area contributed by atoms with Crippen LogP contribution in [0.25, 0.3) is 0 Å². The highest BCUT2D eigenvalue weighted by Crippen LogP contribution is 2.41. The van der Waals surface area contributed by atoms with Crippen LogP contribution in [0.2, 0.25) is 0 Å². The minimum absolute atomic E-state index is 0.169. The van der Waals surface area contributed by atoms with Crippen molar-refractivity contribution in [1.82, 2.24) is 5.43 Å². The highest BCUT2D eigenvalue weighted by atomic mass is 19.4. The third kappa shape index (κ3) is 3.53. The number of nitrogens with one attached hydrogen (secondary N) is 1. The molecular weight excluding hydrogens is 325 g/mol. The van der Waals surface area contributed by atoms with E-state index >= 15 is 0 Å². The predicted octanol–water partition coefficient (Wildman–Crippen LogP) is 3.17. The predicted molar refractivity (Wildman–Crippen MR) is 79.7 cm³/mol. The molecule has 8 heteroatoms. The van der Waals surface area contributed by atoms with Gasteiger partial charge in [-0.25, -0.2) is 10.2 Å². The molecule has 2 N–H and O–H groups in total. The molecule has 2 aliphatic rings. The summed E-state index contributed by atoms with van der Waals surface area (Å²) in [7, 11) is 0. The van der Waals surface area contributed by atoms with Gasteiger partial charge in [0.15, 0.2) is 0 Å². The number of rotatable bonds is 2. The van der Waals surface area contributed by atoms with E-state index in [4.69, 9.17) is 4.74 Å². The Morgan fingerprint density at radius 1 is 1.21 bits per heavy atom. The highest BCUT2D eigenvalue weighted by molar-refractivity contribution is 6.03. The van der Waals surface area contributed by atoms with Gasteiger partial charge in [0.05, 0.1) is 11.7 Å². The second kappa shape index (κ2) is 6.43. The monoisotopic (exact) mass is 342 g/mol. The average Bonchev–Trinajstić information content (AvgIpc) is 2.55. The van der Waals surface area contributed by atoms with Crippen LogP contribution in [0.4, 0.5) is 18.0 Å². The van der Waals surface area contributed by atoms with E-state index in [1.165, 1.54) is 6.07 Å². The van der Waals surface area contributed by atoms with Gasteiger partial charge < -0.3 is 9.84 Å². The second-order valence-electron chi connectivity index (χ2n) is 6.05. The standard InChI is InChI=1S/C16H17F3N2O3/c17-16(18,19)13-7-10(14-8-24-15(23)21-20-14)3-6-12(13)9-1-4-11(22)5-2-9/h3,6-7,9,11,22H,1-2,4-5,8H2,(H,21,23). The topological polar surface area (TPSA) is 70.9 Å². The van der Waals surface area contributed by atoms with Crippen LogP contribution in [0.1, 0.15) is 48.3 Å². The molecule has 3 rings (SSSR count). The number of aliphatic hydroxyl groups excluding tert-OH is 1. The van der Waals surface area contributed by atoms with E-state index in [2.05, 4.69) is 10.5 Å². The SMILES string of the molecule is O=C1NN=C(c2ccc(C3CCC(O)CC3)c(C(F)(F)F)c2)CO1. The molecule has 24 heavy (non-hydrogen) atoms. The molecule has 1 saturated carbocycles. The van der Waals surface area contributed by atoms with E-state index in [0.717, 1.165) is 6.07 Å². The van der Waals surface area contributed by atoms with E-state index in [-0.39, 0.29) is 29.4 Å². The summed E-state index contributed by atoms with van der Waals surface area (Å²) < 4.78 is 45.2. The maximum atomic E-state index is 13.5. The zero-order valence-corrected chi connectivity index (χ0v) is 12.8. The molecule has 1 amide bonds. The van der Waals surface area contributed by atoms with Crippen molar-refractivity contribution in [2.24, 2.45) is 5.10 Å². The molecule has 1 fully saturated rings. The third-order valence-electron chi connectivity index (χ3n) is 4.45. The maximum absolute atomic E-state index is 13.5. The largest absolute Gasteiger partial charge is 0.442 e. The number of cyclic esters (lactones) is 1. The van der Waals surface area contributed by atoms with Crippen LogP contribution in [0, 0.1) is 0 Å². The Bertz CT molecular complexity index is 665. The molecule has 0 aromatic heterocycles. The smallest absolute Gasteiger partial charge is 0.428 e. The molecule has 0 radical (unpaired) electrons. The van der Waals surface area contributed by atoms with Crippen molar-refractivity contribution in [1.29, 1.82) is 0 Å². The number of benzene rings is 1. The zero-order chi connectivity index (χ0) is 17.3. The molecule has 1 aliphatic heterocycles. The lowest BCUT2D eigenvalue weighted by molar-refractivity contribution is -0.138. The Hall–Kier alpha value is -2.09. The van der Waals surface area contributed by atoms with Gasteiger partial charge in [-0.05, 0) is 43.2 Å². The molecule has 0 saturated heterocycles. The number of amides is 1. The number of aliphatic hydroxyl groups is 1. The van der Waals surface area contributed by atoms with E-state index < -0.39 is 23.9 Å². The quantitative estimate of drug-likeness (QED) is 0.867. The molecule has 0 spiro atoms. The van der Waals surface area contributed by atoms with Crippen LogP contribution < -0.4 is 5.43 Å². The number of carbonyl (C=O) groups excluding carboxylic acids is 1. The average molecular weight is 342 g/mol. The molecular formula is C16H17F3N2O3. The summed E-state index contributed by atoms with van der Waals surface area (Å²) in [5.74, 6) is -0.219. The Morgan fingerprint density at radius 3 is 2.50 bits per heavy atom. The lowest BCUT2D eigenvalue weighted by Gasteiger charge is -2.28. The van der Waals surface area contributed by atoms with Gasteiger partial charge in [0, 0.05) is 5.56 Å². The molecule has 5 nitrogen and oxygen atoms in total. The summed E-state index contributed by atoms with van der Waals surface area (Å²) in [5, 5.41) is 13.3. The van der Waals surface area contributed by atoms with Crippen LogP contribution in [-0.4, -0.2) is 29.6 Å². The lowest BCUT2D eigenvalue weighted by Crippen LogP contribution is -2.31. The lowest BCUT2D eigenvalue weighted by atomic mass is 9.80. The Balaban J connectivity index is 1.94. The number of alkyl halides is 3. The fourth-order valence-corrected chi connectivity index (χ4v) is 3.18. The summed E-state index contributed by atoms with van der Waals surface area (Å²) in [6, 6.07) is 4.09. The van der Waals surface area contributed by atoms with Crippen molar-refractivity contribution in [3.63, 3.8) is 0 Å². The molecule has 1 aliphatic carbocycles. The number of carbonyl (C=O) groups is 1. The maximum Gasteiger partial charge on any atom is 0.428 e. The van der Waals surface area contributed by atoms with E-state index in [0.29, 0.717) is 25.7 Å². The molecule has 0 bridgehead atoms. The Morgan fingerprint density at radius 2 is 1.92 bits per heavy atom. The second-order valence-corrected chi connectivity index (χ2v) is 6.05. The summed E-state index contributed by atoms with van der Waals surface area (Å²) >= 11 is 0. The number of hydrogen-bond acceptors (Lipinski definition) is 4. The molecule has 0 unspecified atom stereocenters. The van der Waals surface area contributed by atoms with Crippen molar-refractivity contribution < 1.29 is 27.8 Å². The van der Waals surface area contributed by atoms with E-state index in [9.17, 15) is 23.1 Å². The summed E-state index contributed by atoms with van der Waals surface area (Å²) in [6.07, 6.45) is -3.56. The van der Waals surface area contributed by atoms with Gasteiger partial charge in [-0.2, -0.15) is 18.3 Å². The van der Waals surface area contributed by atoms with Gasteiger partial charge in [0.2, 0.25) is 0 Å². The minimum atomic E-state index is -4.49. The van der Waals surface area contributed by atoms with Gasteiger partial charge in [0.1, 0.15) is 12.3 Å². The van der Waals surface area contributed by atoms with Crippen molar-refractivity contribution >= 4 is 11.8 Å². The van der Waals surface area contributed by atoms with Crippen molar-refractivity contribution in [2.75, 3.05) is 6.61 Å². The number of hydrogen-bond donors (Lipinski definition) is 2. The molecule has 1 aromatic carbocycles. The van der Waals surface area contributed by atoms with Gasteiger partial charge in [-0.3, -0.25) is 0 Å². The Labute approximate surface area is 136 Å². The van der Waals surface area contributed by atoms with E-state index in [1.807, 2.05) is 0 Å². The van der Waals surface area contributed by atoms with Gasteiger partial charge >= 0.3 is 12.3 Å². The van der Waals surface area contributed by atoms with Crippen molar-refractivity contribution in [3.05, 3.63) is 34.9 Å². The fraction of sp³-hybridized carbons (Fsp3) is 0.500. The number of nitrogens with zero attached hydrogens (tertiary/aromatic N) is 1. The normalized spacial score (nSPS) is 24.8. The minimum Gasteiger partial charge on any atom is -0.442 e.